The number of halogens is 3. The fourth-order valence-electron chi connectivity index (χ4n) is 1.74. The Bertz CT molecular complexity index is 557. The third-order valence-corrected chi connectivity index (χ3v) is 3.89. The van der Waals surface area contributed by atoms with E-state index in [-0.39, 0.29) is 11.9 Å². The van der Waals surface area contributed by atoms with Crippen LogP contribution in [0.25, 0.3) is 0 Å². The van der Waals surface area contributed by atoms with Gasteiger partial charge in [0, 0.05) is 15.0 Å². The van der Waals surface area contributed by atoms with E-state index in [2.05, 4.69) is 37.2 Å². The Morgan fingerprint density at radius 3 is 2.50 bits per heavy atom. The summed E-state index contributed by atoms with van der Waals surface area (Å²) in [6.07, 6.45) is 0. The van der Waals surface area contributed by atoms with Gasteiger partial charge in [0.2, 0.25) is 0 Å². The number of benzene rings is 2. The van der Waals surface area contributed by atoms with Gasteiger partial charge in [-0.1, -0.05) is 50.1 Å². The van der Waals surface area contributed by atoms with Crippen LogP contribution in [-0.2, 0) is 0 Å². The van der Waals surface area contributed by atoms with E-state index in [1.807, 2.05) is 37.3 Å². The second-order valence-corrected chi connectivity index (χ2v) is 5.78. The first-order chi connectivity index (χ1) is 8.58. The highest BCUT2D eigenvalue weighted by atomic mass is 79.9. The largest absolute Gasteiger partial charge is 0.376 e. The molecule has 1 nitrogen and oxygen atoms in total. The van der Waals surface area contributed by atoms with Gasteiger partial charge in [0.1, 0.15) is 5.82 Å². The molecule has 2 rings (SSSR count). The summed E-state index contributed by atoms with van der Waals surface area (Å²) >= 11 is 6.74. The lowest BCUT2D eigenvalue weighted by molar-refractivity contribution is 0.626. The van der Waals surface area contributed by atoms with Crippen LogP contribution in [-0.4, -0.2) is 0 Å². The first kappa shape index (κ1) is 13.6. The van der Waals surface area contributed by atoms with Gasteiger partial charge in [0.25, 0.3) is 0 Å². The van der Waals surface area contributed by atoms with Gasteiger partial charge in [0.05, 0.1) is 5.69 Å². The van der Waals surface area contributed by atoms with Gasteiger partial charge >= 0.3 is 0 Å². The molecule has 0 heterocycles. The molecule has 0 aliphatic carbocycles. The lowest BCUT2D eigenvalue weighted by Gasteiger charge is -2.17. The monoisotopic (exact) mass is 371 g/mol. The van der Waals surface area contributed by atoms with Crippen molar-refractivity contribution in [1.29, 1.82) is 0 Å². The molecular weight excluding hydrogens is 361 g/mol. The molecule has 0 saturated heterocycles. The van der Waals surface area contributed by atoms with Crippen LogP contribution in [0.5, 0.6) is 0 Å². The van der Waals surface area contributed by atoms with Gasteiger partial charge in [-0.25, -0.2) is 4.39 Å². The normalized spacial score (nSPS) is 12.2. The van der Waals surface area contributed by atoms with E-state index in [4.69, 9.17) is 0 Å². The third kappa shape index (κ3) is 3.12. The molecule has 0 amide bonds. The highest BCUT2D eigenvalue weighted by Crippen LogP contribution is 2.28. The number of rotatable bonds is 3. The number of anilines is 1. The van der Waals surface area contributed by atoms with Crippen molar-refractivity contribution >= 4 is 37.5 Å². The van der Waals surface area contributed by atoms with Crippen molar-refractivity contribution in [2.75, 3.05) is 5.32 Å². The molecule has 0 spiro atoms. The summed E-state index contributed by atoms with van der Waals surface area (Å²) in [5, 5.41) is 3.17. The van der Waals surface area contributed by atoms with Crippen LogP contribution in [0, 0.1) is 5.82 Å². The Morgan fingerprint density at radius 1 is 1.11 bits per heavy atom. The molecule has 1 atom stereocenters. The topological polar surface area (TPSA) is 12.0 Å². The number of hydrogen-bond acceptors (Lipinski definition) is 1. The van der Waals surface area contributed by atoms with E-state index in [0.29, 0.717) is 5.69 Å². The minimum atomic E-state index is -0.261. The molecule has 2 aromatic carbocycles. The van der Waals surface area contributed by atoms with Crippen LogP contribution in [0.15, 0.2) is 51.4 Å². The van der Waals surface area contributed by atoms with Gasteiger partial charge in [-0.3, -0.25) is 0 Å². The first-order valence-corrected chi connectivity index (χ1v) is 7.12. The highest BCUT2D eigenvalue weighted by molar-refractivity contribution is 9.10. The maximum absolute atomic E-state index is 13.7. The van der Waals surface area contributed by atoms with Crippen LogP contribution < -0.4 is 5.32 Å². The van der Waals surface area contributed by atoms with E-state index < -0.39 is 0 Å². The standard InChI is InChI=1S/C14H12Br2FN/c1-9(11-4-2-3-5-12(11)16)18-14-7-6-10(15)8-13(14)17/h2-9,18H,1H3. The van der Waals surface area contributed by atoms with Gasteiger partial charge in [-0.2, -0.15) is 0 Å². The minimum absolute atomic E-state index is 0.0243. The lowest BCUT2D eigenvalue weighted by Crippen LogP contribution is -2.08. The molecule has 18 heavy (non-hydrogen) atoms. The van der Waals surface area contributed by atoms with Crippen molar-refractivity contribution in [3.05, 3.63) is 62.8 Å². The van der Waals surface area contributed by atoms with E-state index in [1.165, 1.54) is 6.07 Å². The second-order valence-electron chi connectivity index (χ2n) is 4.01. The fourth-order valence-corrected chi connectivity index (χ4v) is 2.71. The average molecular weight is 373 g/mol. The summed E-state index contributed by atoms with van der Waals surface area (Å²) < 4.78 is 15.5. The molecule has 4 heteroatoms. The maximum Gasteiger partial charge on any atom is 0.147 e. The summed E-state index contributed by atoms with van der Waals surface area (Å²) in [4.78, 5) is 0. The Labute approximate surface area is 123 Å². The van der Waals surface area contributed by atoms with Crippen molar-refractivity contribution in [2.24, 2.45) is 0 Å². The molecule has 0 radical (unpaired) electrons. The van der Waals surface area contributed by atoms with Crippen LogP contribution in [0.4, 0.5) is 10.1 Å². The van der Waals surface area contributed by atoms with Crippen LogP contribution in [0.3, 0.4) is 0 Å². The summed E-state index contributed by atoms with van der Waals surface area (Å²) in [7, 11) is 0. The third-order valence-electron chi connectivity index (χ3n) is 2.67. The zero-order valence-electron chi connectivity index (χ0n) is 9.75. The van der Waals surface area contributed by atoms with Gasteiger partial charge in [-0.15, -0.1) is 0 Å². The Kier molecular flexibility index (Phi) is 4.40. The van der Waals surface area contributed by atoms with E-state index in [0.717, 1.165) is 14.5 Å². The van der Waals surface area contributed by atoms with E-state index in [9.17, 15) is 4.39 Å². The van der Waals surface area contributed by atoms with Crippen LogP contribution in [0.1, 0.15) is 18.5 Å². The second kappa shape index (κ2) is 5.85. The predicted molar refractivity (Wildman–Crippen MR) is 80.3 cm³/mol. The number of nitrogens with one attached hydrogen (secondary N) is 1. The Balaban J connectivity index is 2.21. The highest BCUT2D eigenvalue weighted by Gasteiger charge is 2.11. The molecule has 0 aromatic heterocycles. The van der Waals surface area contributed by atoms with Crippen LogP contribution in [0.2, 0.25) is 0 Å². The fraction of sp³-hybridized carbons (Fsp3) is 0.143. The number of hydrogen-bond donors (Lipinski definition) is 1. The Morgan fingerprint density at radius 2 is 1.83 bits per heavy atom. The van der Waals surface area contributed by atoms with Crippen LogP contribution >= 0.6 is 31.9 Å². The molecule has 94 valence electrons. The SMILES string of the molecule is CC(Nc1ccc(Br)cc1F)c1ccccc1Br. The van der Waals surface area contributed by atoms with Gasteiger partial charge in [0.15, 0.2) is 0 Å². The van der Waals surface area contributed by atoms with E-state index >= 15 is 0 Å². The summed E-state index contributed by atoms with van der Waals surface area (Å²) in [6.45, 7) is 2.00. The zero-order chi connectivity index (χ0) is 13.1. The first-order valence-electron chi connectivity index (χ1n) is 5.54. The molecule has 1 N–H and O–H groups in total. The molecule has 0 saturated carbocycles. The summed E-state index contributed by atoms with van der Waals surface area (Å²) in [5.74, 6) is -0.261. The quantitative estimate of drug-likeness (QED) is 0.747. The van der Waals surface area contributed by atoms with Crippen molar-refractivity contribution in [2.45, 2.75) is 13.0 Å². The molecule has 0 fully saturated rings. The predicted octanol–water partition coefficient (Wildman–Crippen LogP) is 5.52. The van der Waals surface area contributed by atoms with E-state index in [1.54, 1.807) is 6.07 Å². The van der Waals surface area contributed by atoms with Gasteiger partial charge in [-0.05, 0) is 36.8 Å². The van der Waals surface area contributed by atoms with Crippen molar-refractivity contribution in [3.63, 3.8) is 0 Å². The summed E-state index contributed by atoms with van der Waals surface area (Å²) in [5.41, 5.74) is 1.60. The molecule has 1 unspecified atom stereocenters. The molecular formula is C14H12Br2FN. The maximum atomic E-state index is 13.7. The minimum Gasteiger partial charge on any atom is -0.376 e. The summed E-state index contributed by atoms with van der Waals surface area (Å²) in [6, 6.07) is 12.9. The lowest BCUT2D eigenvalue weighted by atomic mass is 10.1. The zero-order valence-corrected chi connectivity index (χ0v) is 12.9. The van der Waals surface area contributed by atoms with Gasteiger partial charge < -0.3 is 5.32 Å². The smallest absolute Gasteiger partial charge is 0.147 e. The molecule has 0 aliphatic heterocycles. The van der Waals surface area contributed by atoms with Crippen molar-refractivity contribution in [1.82, 2.24) is 0 Å². The molecule has 2 aromatic rings. The van der Waals surface area contributed by atoms with Crippen molar-refractivity contribution < 1.29 is 4.39 Å². The molecule has 0 aliphatic rings. The average Bonchev–Trinajstić information content (AvgIpc) is 2.33. The van der Waals surface area contributed by atoms with Crippen molar-refractivity contribution in [3.8, 4) is 0 Å². The molecule has 0 bridgehead atoms. The Hall–Kier alpha value is -0.870.